The fourth-order valence-electron chi connectivity index (χ4n) is 2.03. The second kappa shape index (κ2) is 4.99. The van der Waals surface area contributed by atoms with Crippen molar-refractivity contribution in [3.63, 3.8) is 0 Å². The molecule has 0 atom stereocenters. The molecule has 0 bridgehead atoms. The number of nitrogens with two attached hydrogens (primary N) is 1. The lowest BCUT2D eigenvalue weighted by molar-refractivity contribution is -0.141. The zero-order valence-corrected chi connectivity index (χ0v) is 11.4. The number of hydrazine groups is 1. The highest BCUT2D eigenvalue weighted by Crippen LogP contribution is 2.41. The molecule has 0 spiro atoms. The van der Waals surface area contributed by atoms with Gasteiger partial charge in [0.05, 0.1) is 28.7 Å². The van der Waals surface area contributed by atoms with E-state index in [1.54, 1.807) is 6.07 Å². The summed E-state index contributed by atoms with van der Waals surface area (Å²) in [5.41, 5.74) is 1.19. The van der Waals surface area contributed by atoms with E-state index in [0.717, 1.165) is 0 Å². The number of aromatic nitrogens is 1. The van der Waals surface area contributed by atoms with Crippen molar-refractivity contribution in [1.82, 2.24) is 4.98 Å². The number of methoxy groups -OCH3 is 1. The number of nitrogens with one attached hydrogen (secondary N) is 1. The van der Waals surface area contributed by atoms with Gasteiger partial charge in [0.15, 0.2) is 0 Å². The smallest absolute Gasteiger partial charge is 0.433 e. The summed E-state index contributed by atoms with van der Waals surface area (Å²) in [7, 11) is 1.40. The summed E-state index contributed by atoms with van der Waals surface area (Å²) in [6.45, 7) is 1.28. The summed E-state index contributed by atoms with van der Waals surface area (Å²) >= 11 is 5.94. The highest BCUT2D eigenvalue weighted by molar-refractivity contribution is 6.35. The fourth-order valence-corrected chi connectivity index (χ4v) is 2.23. The molecular formula is C12H11ClF3N3O. The van der Waals surface area contributed by atoms with E-state index in [4.69, 9.17) is 22.2 Å². The Labute approximate surface area is 117 Å². The standard InChI is InChI=1S/C12H11ClF3N3O/c1-5-9(19-17)8-7(20-2)4-3-6(13)10(8)18-11(5)12(14,15)16/h3-4H,17H2,1-2H3,(H,18,19). The largest absolute Gasteiger partial charge is 0.496 e. The van der Waals surface area contributed by atoms with Gasteiger partial charge in [0, 0.05) is 5.56 Å². The molecule has 0 aliphatic heterocycles. The SMILES string of the molecule is COc1ccc(Cl)c2nc(C(F)(F)F)c(C)c(NN)c12. The zero-order valence-electron chi connectivity index (χ0n) is 10.6. The summed E-state index contributed by atoms with van der Waals surface area (Å²) in [6.07, 6.45) is -4.60. The predicted octanol–water partition coefficient (Wildman–Crippen LogP) is 3.51. The molecule has 0 aliphatic carbocycles. The Morgan fingerprint density at radius 3 is 2.50 bits per heavy atom. The maximum atomic E-state index is 13.0. The first-order valence-electron chi connectivity index (χ1n) is 5.51. The quantitative estimate of drug-likeness (QED) is 0.658. The van der Waals surface area contributed by atoms with Gasteiger partial charge < -0.3 is 10.2 Å². The minimum absolute atomic E-state index is 0.0168. The van der Waals surface area contributed by atoms with E-state index in [2.05, 4.69) is 10.4 Å². The minimum atomic E-state index is -4.60. The van der Waals surface area contributed by atoms with Crippen molar-refractivity contribution >= 4 is 28.2 Å². The first-order chi connectivity index (χ1) is 9.31. The average Bonchev–Trinajstić information content (AvgIpc) is 2.37. The third kappa shape index (κ3) is 2.23. The molecule has 108 valence electrons. The Hall–Kier alpha value is -1.73. The molecule has 0 fully saturated rings. The minimum Gasteiger partial charge on any atom is -0.496 e. The Morgan fingerprint density at radius 1 is 1.35 bits per heavy atom. The van der Waals surface area contributed by atoms with Gasteiger partial charge in [-0.15, -0.1) is 0 Å². The normalized spacial score (nSPS) is 11.8. The number of benzene rings is 1. The van der Waals surface area contributed by atoms with Crippen molar-refractivity contribution in [3.8, 4) is 5.75 Å². The van der Waals surface area contributed by atoms with Crippen molar-refractivity contribution in [1.29, 1.82) is 0 Å². The number of halogens is 4. The lowest BCUT2D eigenvalue weighted by Crippen LogP contribution is -2.16. The molecule has 3 N–H and O–H groups in total. The Balaban J connectivity index is 2.99. The fraction of sp³-hybridized carbons (Fsp3) is 0.250. The van der Waals surface area contributed by atoms with Crippen LogP contribution in [0, 0.1) is 6.92 Å². The van der Waals surface area contributed by atoms with Crippen molar-refractivity contribution in [2.45, 2.75) is 13.1 Å². The highest BCUT2D eigenvalue weighted by atomic mass is 35.5. The van der Waals surface area contributed by atoms with Gasteiger partial charge in [-0.2, -0.15) is 13.2 Å². The monoisotopic (exact) mass is 305 g/mol. The molecule has 1 aromatic heterocycles. The molecule has 1 aromatic carbocycles. The van der Waals surface area contributed by atoms with Gasteiger partial charge in [0.25, 0.3) is 0 Å². The molecule has 20 heavy (non-hydrogen) atoms. The van der Waals surface area contributed by atoms with E-state index in [-0.39, 0.29) is 21.8 Å². The van der Waals surface area contributed by atoms with Gasteiger partial charge in [0.1, 0.15) is 11.4 Å². The number of nitrogen functional groups attached to an aromatic ring is 1. The Kier molecular flexibility index (Phi) is 3.66. The van der Waals surface area contributed by atoms with E-state index >= 15 is 0 Å². The number of rotatable bonds is 2. The number of ether oxygens (including phenoxy) is 1. The number of fused-ring (bicyclic) bond motifs is 1. The number of nitrogens with zero attached hydrogens (tertiary/aromatic N) is 1. The van der Waals surface area contributed by atoms with Crippen LogP contribution in [0.3, 0.4) is 0 Å². The highest BCUT2D eigenvalue weighted by Gasteiger charge is 2.36. The van der Waals surface area contributed by atoms with Crippen molar-refractivity contribution in [2.75, 3.05) is 12.5 Å². The number of hydrogen-bond donors (Lipinski definition) is 2. The summed E-state index contributed by atoms with van der Waals surface area (Å²) in [6, 6.07) is 2.96. The van der Waals surface area contributed by atoms with Crippen molar-refractivity contribution < 1.29 is 17.9 Å². The Bertz CT molecular complexity index is 673. The summed E-state index contributed by atoms with van der Waals surface area (Å²) in [4.78, 5) is 3.63. The van der Waals surface area contributed by atoms with Gasteiger partial charge in [-0.05, 0) is 19.1 Å². The number of pyridine rings is 1. The first kappa shape index (κ1) is 14.7. The van der Waals surface area contributed by atoms with Gasteiger partial charge >= 0.3 is 6.18 Å². The molecule has 0 unspecified atom stereocenters. The third-order valence-corrected chi connectivity index (χ3v) is 3.23. The molecule has 0 radical (unpaired) electrons. The van der Waals surface area contributed by atoms with Crippen LogP contribution in [-0.4, -0.2) is 12.1 Å². The summed E-state index contributed by atoms with van der Waals surface area (Å²) in [5, 5.41) is 0.399. The van der Waals surface area contributed by atoms with Gasteiger partial charge in [-0.1, -0.05) is 11.6 Å². The van der Waals surface area contributed by atoms with E-state index in [1.165, 1.54) is 20.1 Å². The Morgan fingerprint density at radius 2 is 2.00 bits per heavy atom. The number of anilines is 1. The molecule has 0 aliphatic rings. The molecular weight excluding hydrogens is 295 g/mol. The predicted molar refractivity (Wildman–Crippen MR) is 70.9 cm³/mol. The lowest BCUT2D eigenvalue weighted by atomic mass is 10.1. The molecule has 4 nitrogen and oxygen atoms in total. The average molecular weight is 306 g/mol. The second-order valence-corrected chi connectivity index (χ2v) is 4.48. The van der Waals surface area contributed by atoms with Crippen molar-refractivity contribution in [3.05, 3.63) is 28.4 Å². The van der Waals surface area contributed by atoms with Crippen molar-refractivity contribution in [2.24, 2.45) is 5.84 Å². The topological polar surface area (TPSA) is 60.2 Å². The molecule has 2 aromatic rings. The van der Waals surface area contributed by atoms with Crippen LogP contribution >= 0.6 is 11.6 Å². The zero-order chi connectivity index (χ0) is 15.1. The van der Waals surface area contributed by atoms with Crippen LogP contribution in [0.1, 0.15) is 11.3 Å². The van der Waals surface area contributed by atoms with E-state index in [1.807, 2.05) is 0 Å². The van der Waals surface area contributed by atoms with E-state index in [0.29, 0.717) is 11.1 Å². The molecule has 1 heterocycles. The molecule has 2 rings (SSSR count). The van der Waals surface area contributed by atoms with Gasteiger partial charge in [-0.25, -0.2) is 4.98 Å². The molecule has 0 saturated carbocycles. The maximum absolute atomic E-state index is 13.0. The van der Waals surface area contributed by atoms with Crippen LogP contribution in [0.15, 0.2) is 12.1 Å². The summed E-state index contributed by atoms with van der Waals surface area (Å²) in [5.74, 6) is 5.69. The van der Waals surface area contributed by atoms with Crippen LogP contribution < -0.4 is 16.0 Å². The maximum Gasteiger partial charge on any atom is 0.433 e. The van der Waals surface area contributed by atoms with E-state index < -0.39 is 11.9 Å². The first-order valence-corrected chi connectivity index (χ1v) is 5.89. The summed E-state index contributed by atoms with van der Waals surface area (Å²) < 4.78 is 44.1. The van der Waals surface area contributed by atoms with Crippen LogP contribution in [0.4, 0.5) is 18.9 Å². The molecule has 0 amide bonds. The third-order valence-electron chi connectivity index (χ3n) is 2.93. The van der Waals surface area contributed by atoms with Gasteiger partial charge in [-0.3, -0.25) is 5.84 Å². The van der Waals surface area contributed by atoms with Crippen LogP contribution in [0.25, 0.3) is 10.9 Å². The van der Waals surface area contributed by atoms with E-state index in [9.17, 15) is 13.2 Å². The van der Waals surface area contributed by atoms with Crippen LogP contribution in [0.5, 0.6) is 5.75 Å². The number of alkyl halides is 3. The van der Waals surface area contributed by atoms with Gasteiger partial charge in [0.2, 0.25) is 0 Å². The molecule has 0 saturated heterocycles. The number of hydrogen-bond acceptors (Lipinski definition) is 4. The second-order valence-electron chi connectivity index (χ2n) is 4.08. The van der Waals surface area contributed by atoms with Crippen LogP contribution in [0.2, 0.25) is 5.02 Å². The lowest BCUT2D eigenvalue weighted by Gasteiger charge is -2.17. The van der Waals surface area contributed by atoms with Crippen LogP contribution in [-0.2, 0) is 6.18 Å². The molecule has 8 heteroatoms.